The number of hydrazone groups is 1. The van der Waals surface area contributed by atoms with Gasteiger partial charge in [-0.3, -0.25) is 9.59 Å². The summed E-state index contributed by atoms with van der Waals surface area (Å²) in [5.74, 6) is -0.145. The highest BCUT2D eigenvalue weighted by Gasteiger charge is 2.34. The van der Waals surface area contributed by atoms with Crippen LogP contribution in [0.2, 0.25) is 0 Å². The molecular formula is C22H27N3O2. The van der Waals surface area contributed by atoms with Gasteiger partial charge in [-0.15, -0.1) is 0 Å². The average molecular weight is 365 g/mol. The molecule has 5 heteroatoms. The van der Waals surface area contributed by atoms with Crippen LogP contribution in [0.3, 0.4) is 0 Å². The molecule has 1 N–H and O–H groups in total. The van der Waals surface area contributed by atoms with E-state index in [2.05, 4.69) is 23.2 Å². The third kappa shape index (κ3) is 4.73. The van der Waals surface area contributed by atoms with Gasteiger partial charge in [-0.2, -0.15) is 5.10 Å². The van der Waals surface area contributed by atoms with Crippen molar-refractivity contribution in [3.05, 3.63) is 59.7 Å². The average Bonchev–Trinajstić information content (AvgIpc) is 3.02. The maximum Gasteiger partial charge on any atom is 0.245 e. The van der Waals surface area contributed by atoms with E-state index in [9.17, 15) is 9.59 Å². The third-order valence-corrected chi connectivity index (χ3v) is 5.40. The van der Waals surface area contributed by atoms with Crippen LogP contribution in [-0.2, 0) is 16.1 Å². The number of rotatable bonds is 5. The number of carbonyl (C=O) groups excluding carboxylic acids is 2. The molecule has 3 rings (SSSR count). The second kappa shape index (κ2) is 8.33. The number of hydrogen-bond acceptors (Lipinski definition) is 3. The highest BCUT2D eigenvalue weighted by atomic mass is 16.2. The van der Waals surface area contributed by atoms with Crippen LogP contribution in [0.1, 0.15) is 38.7 Å². The zero-order valence-corrected chi connectivity index (χ0v) is 16.1. The van der Waals surface area contributed by atoms with Crippen LogP contribution >= 0.6 is 0 Å². The van der Waals surface area contributed by atoms with E-state index < -0.39 is 0 Å². The van der Waals surface area contributed by atoms with Crippen LogP contribution in [0.25, 0.3) is 0 Å². The molecule has 1 aromatic rings. The van der Waals surface area contributed by atoms with Gasteiger partial charge in [-0.05, 0) is 43.7 Å². The summed E-state index contributed by atoms with van der Waals surface area (Å²) in [5, 5.41) is 4.35. The van der Waals surface area contributed by atoms with Gasteiger partial charge in [0, 0.05) is 19.5 Å². The van der Waals surface area contributed by atoms with E-state index in [1.165, 1.54) is 0 Å². The second-order valence-electron chi connectivity index (χ2n) is 7.57. The standard InChI is InChI=1S/C22H27N3O2/c1-15(2)18-10-9-16(3)20(11-18)23-24-22(27)19-12-21(26)25(14-19)13-17-7-5-4-6-8-17/h4-9,18-19H,1,10-14H2,2-3H3,(H,24,27)/b23-20+. The summed E-state index contributed by atoms with van der Waals surface area (Å²) in [6.07, 6.45) is 4.16. The van der Waals surface area contributed by atoms with E-state index in [0.717, 1.165) is 35.3 Å². The highest BCUT2D eigenvalue weighted by molar-refractivity contribution is 6.01. The minimum Gasteiger partial charge on any atom is -0.338 e. The van der Waals surface area contributed by atoms with Crippen LogP contribution in [0, 0.1) is 11.8 Å². The van der Waals surface area contributed by atoms with Gasteiger partial charge in [-0.1, -0.05) is 48.6 Å². The first kappa shape index (κ1) is 19.1. The third-order valence-electron chi connectivity index (χ3n) is 5.40. The molecule has 0 spiro atoms. The first-order valence-electron chi connectivity index (χ1n) is 9.44. The fraction of sp³-hybridized carbons (Fsp3) is 0.409. The Kier molecular flexibility index (Phi) is 5.89. The minimum atomic E-state index is -0.352. The smallest absolute Gasteiger partial charge is 0.245 e. The van der Waals surface area contributed by atoms with E-state index in [0.29, 0.717) is 19.0 Å². The topological polar surface area (TPSA) is 61.8 Å². The van der Waals surface area contributed by atoms with Crippen molar-refractivity contribution in [3.63, 3.8) is 0 Å². The molecule has 5 nitrogen and oxygen atoms in total. The molecule has 0 saturated carbocycles. The number of likely N-dealkylation sites (tertiary alicyclic amines) is 1. The van der Waals surface area contributed by atoms with E-state index >= 15 is 0 Å². The molecule has 0 bridgehead atoms. The lowest BCUT2D eigenvalue weighted by Gasteiger charge is -2.22. The van der Waals surface area contributed by atoms with Gasteiger partial charge in [0.25, 0.3) is 0 Å². The first-order valence-corrected chi connectivity index (χ1v) is 9.44. The molecular weight excluding hydrogens is 338 g/mol. The summed E-state index contributed by atoms with van der Waals surface area (Å²) in [6, 6.07) is 9.83. The zero-order valence-electron chi connectivity index (χ0n) is 16.1. The lowest BCUT2D eigenvalue weighted by Crippen LogP contribution is -2.31. The van der Waals surface area contributed by atoms with Crippen LogP contribution < -0.4 is 5.43 Å². The molecule has 1 saturated heterocycles. The van der Waals surface area contributed by atoms with Crippen molar-refractivity contribution in [2.24, 2.45) is 16.9 Å². The predicted octanol–water partition coefficient (Wildman–Crippen LogP) is 3.44. The van der Waals surface area contributed by atoms with Gasteiger partial charge in [0.2, 0.25) is 11.8 Å². The zero-order chi connectivity index (χ0) is 19.4. The number of allylic oxidation sites excluding steroid dienone is 3. The van der Waals surface area contributed by atoms with E-state index in [4.69, 9.17) is 0 Å². The lowest BCUT2D eigenvalue weighted by molar-refractivity contribution is -0.129. The van der Waals surface area contributed by atoms with Crippen LogP contribution in [0.15, 0.2) is 59.2 Å². The SMILES string of the molecule is C=C(C)C1CC=C(C)/C(=N/NC(=O)C2CC(=O)N(Cc3ccccc3)C2)C1. The van der Waals surface area contributed by atoms with Gasteiger partial charge in [-0.25, -0.2) is 5.43 Å². The molecule has 2 amide bonds. The van der Waals surface area contributed by atoms with Crippen LogP contribution in [-0.4, -0.2) is 29.0 Å². The lowest BCUT2D eigenvalue weighted by atomic mass is 9.85. The normalized spacial score (nSPS) is 24.1. The summed E-state index contributed by atoms with van der Waals surface area (Å²) in [6.45, 7) is 9.06. The quantitative estimate of drug-likeness (QED) is 0.642. The molecule has 142 valence electrons. The fourth-order valence-corrected chi connectivity index (χ4v) is 3.54. The van der Waals surface area contributed by atoms with Gasteiger partial charge in [0.1, 0.15) is 0 Å². The maximum atomic E-state index is 12.5. The molecule has 1 heterocycles. The Hall–Kier alpha value is -2.69. The number of benzene rings is 1. The molecule has 1 aromatic carbocycles. The summed E-state index contributed by atoms with van der Waals surface area (Å²) in [5.41, 5.74) is 6.89. The molecule has 0 radical (unpaired) electrons. The Morgan fingerprint density at radius 3 is 2.70 bits per heavy atom. The summed E-state index contributed by atoms with van der Waals surface area (Å²) in [4.78, 5) is 26.5. The van der Waals surface area contributed by atoms with Gasteiger partial charge in [0.05, 0.1) is 11.6 Å². The first-order chi connectivity index (χ1) is 12.9. The van der Waals surface area contributed by atoms with E-state index in [1.54, 1.807) is 4.90 Å². The Morgan fingerprint density at radius 2 is 2.00 bits per heavy atom. The van der Waals surface area contributed by atoms with Gasteiger partial charge in [0.15, 0.2) is 0 Å². The Morgan fingerprint density at radius 1 is 1.26 bits per heavy atom. The molecule has 1 aliphatic carbocycles. The van der Waals surface area contributed by atoms with Gasteiger partial charge < -0.3 is 4.90 Å². The number of carbonyl (C=O) groups is 2. The van der Waals surface area contributed by atoms with Crippen LogP contribution in [0.4, 0.5) is 0 Å². The molecule has 1 fully saturated rings. The van der Waals surface area contributed by atoms with Crippen molar-refractivity contribution in [1.29, 1.82) is 0 Å². The number of hydrogen-bond donors (Lipinski definition) is 1. The Bertz CT molecular complexity index is 795. The van der Waals surface area contributed by atoms with E-state index in [1.807, 2.05) is 44.2 Å². The number of amides is 2. The van der Waals surface area contributed by atoms with Crippen molar-refractivity contribution in [3.8, 4) is 0 Å². The fourth-order valence-electron chi connectivity index (χ4n) is 3.54. The summed E-state index contributed by atoms with van der Waals surface area (Å²) in [7, 11) is 0. The Labute approximate surface area is 160 Å². The summed E-state index contributed by atoms with van der Waals surface area (Å²) < 4.78 is 0. The van der Waals surface area contributed by atoms with Gasteiger partial charge >= 0.3 is 0 Å². The Balaban J connectivity index is 1.58. The highest BCUT2D eigenvalue weighted by Crippen LogP contribution is 2.26. The monoisotopic (exact) mass is 365 g/mol. The van der Waals surface area contributed by atoms with Crippen LogP contribution in [0.5, 0.6) is 0 Å². The second-order valence-corrected chi connectivity index (χ2v) is 7.57. The largest absolute Gasteiger partial charge is 0.338 e. The molecule has 27 heavy (non-hydrogen) atoms. The van der Waals surface area contributed by atoms with E-state index in [-0.39, 0.29) is 24.2 Å². The molecule has 2 aliphatic rings. The number of nitrogens with one attached hydrogen (secondary N) is 1. The van der Waals surface area contributed by atoms with Crippen molar-refractivity contribution in [2.75, 3.05) is 6.54 Å². The van der Waals surface area contributed by atoms with Crippen molar-refractivity contribution >= 4 is 17.5 Å². The molecule has 2 unspecified atom stereocenters. The molecule has 0 aromatic heterocycles. The summed E-state index contributed by atoms with van der Waals surface area (Å²) >= 11 is 0. The maximum absolute atomic E-state index is 12.5. The van der Waals surface area contributed by atoms with Crippen molar-refractivity contribution in [1.82, 2.24) is 10.3 Å². The predicted molar refractivity (Wildman–Crippen MR) is 107 cm³/mol. The molecule has 1 aliphatic heterocycles. The van der Waals surface area contributed by atoms with Crippen molar-refractivity contribution < 1.29 is 9.59 Å². The number of nitrogens with zero attached hydrogens (tertiary/aromatic N) is 2. The van der Waals surface area contributed by atoms with Crippen molar-refractivity contribution in [2.45, 2.75) is 39.7 Å². The minimum absolute atomic E-state index is 0.0164. The molecule has 2 atom stereocenters.